The number of nitriles is 2. The van der Waals surface area contributed by atoms with Crippen LogP contribution >= 0.6 is 0 Å². The summed E-state index contributed by atoms with van der Waals surface area (Å²) in [4.78, 5) is 12.0. The Morgan fingerprint density at radius 1 is 1.00 bits per heavy atom. The van der Waals surface area contributed by atoms with E-state index < -0.39 is 0 Å². The molecule has 128 valence electrons. The van der Waals surface area contributed by atoms with E-state index in [-0.39, 0.29) is 6.04 Å². The van der Waals surface area contributed by atoms with Gasteiger partial charge >= 0.3 is 0 Å². The first kappa shape index (κ1) is 18.2. The molecule has 0 aromatic carbocycles. The van der Waals surface area contributed by atoms with Gasteiger partial charge in [0.25, 0.3) is 0 Å². The third-order valence-electron chi connectivity index (χ3n) is 3.83. The minimum Gasteiger partial charge on any atom is -0.379 e. The molecule has 0 amide bonds. The zero-order chi connectivity index (χ0) is 17.0. The number of hydrogen-bond acceptors (Lipinski definition) is 8. The SMILES string of the molecule is N#CC(c1cncnc1)N1CCOCC1.N#CCN1CCOCC1. The molecule has 3 heterocycles. The average molecular weight is 330 g/mol. The Bertz CT molecular complexity index is 544. The van der Waals surface area contributed by atoms with Gasteiger partial charge in [-0.05, 0) is 0 Å². The van der Waals surface area contributed by atoms with E-state index in [1.807, 2.05) is 0 Å². The average Bonchev–Trinajstić information content (AvgIpc) is 2.66. The zero-order valence-corrected chi connectivity index (χ0v) is 13.7. The molecule has 1 unspecified atom stereocenters. The van der Waals surface area contributed by atoms with Gasteiger partial charge < -0.3 is 9.47 Å². The second-order valence-electron chi connectivity index (χ2n) is 5.40. The smallest absolute Gasteiger partial charge is 0.127 e. The van der Waals surface area contributed by atoms with E-state index in [0.29, 0.717) is 19.8 Å². The number of hydrogen-bond donors (Lipinski definition) is 0. The molecule has 1 aromatic rings. The fourth-order valence-corrected chi connectivity index (χ4v) is 2.51. The molecule has 2 aliphatic heterocycles. The summed E-state index contributed by atoms with van der Waals surface area (Å²) >= 11 is 0. The molecule has 0 radical (unpaired) electrons. The molecule has 3 rings (SSSR count). The molecule has 0 bridgehead atoms. The van der Waals surface area contributed by atoms with Crippen molar-refractivity contribution < 1.29 is 9.47 Å². The van der Waals surface area contributed by atoms with Crippen molar-refractivity contribution in [3.8, 4) is 12.1 Å². The van der Waals surface area contributed by atoms with Crippen LogP contribution in [-0.2, 0) is 9.47 Å². The van der Waals surface area contributed by atoms with Crippen molar-refractivity contribution in [1.82, 2.24) is 19.8 Å². The fourth-order valence-electron chi connectivity index (χ4n) is 2.51. The summed E-state index contributed by atoms with van der Waals surface area (Å²) in [7, 11) is 0. The molecule has 2 saturated heterocycles. The Kier molecular flexibility index (Phi) is 8.08. The maximum Gasteiger partial charge on any atom is 0.127 e. The largest absolute Gasteiger partial charge is 0.379 e. The monoisotopic (exact) mass is 330 g/mol. The summed E-state index contributed by atoms with van der Waals surface area (Å²) in [6, 6.07) is 4.13. The van der Waals surface area contributed by atoms with Crippen LogP contribution in [0.25, 0.3) is 0 Å². The van der Waals surface area contributed by atoms with Crippen LogP contribution in [0.1, 0.15) is 11.6 Å². The molecule has 8 nitrogen and oxygen atoms in total. The minimum absolute atomic E-state index is 0.255. The molecule has 0 spiro atoms. The van der Waals surface area contributed by atoms with Crippen molar-refractivity contribution >= 4 is 0 Å². The maximum atomic E-state index is 9.14. The van der Waals surface area contributed by atoms with Crippen molar-refractivity contribution in [2.75, 3.05) is 59.2 Å². The van der Waals surface area contributed by atoms with Crippen LogP contribution in [0.5, 0.6) is 0 Å². The summed E-state index contributed by atoms with van der Waals surface area (Å²) in [6.45, 7) is 6.87. The third-order valence-corrected chi connectivity index (χ3v) is 3.83. The van der Waals surface area contributed by atoms with Crippen molar-refractivity contribution in [2.45, 2.75) is 6.04 Å². The highest BCUT2D eigenvalue weighted by molar-refractivity contribution is 5.17. The molecule has 0 aliphatic carbocycles. The van der Waals surface area contributed by atoms with Gasteiger partial charge in [0, 0.05) is 44.1 Å². The van der Waals surface area contributed by atoms with Crippen molar-refractivity contribution in [1.29, 1.82) is 10.5 Å². The van der Waals surface area contributed by atoms with Gasteiger partial charge in [0.05, 0.1) is 45.1 Å². The normalized spacial score (nSPS) is 20.1. The minimum atomic E-state index is -0.255. The lowest BCUT2D eigenvalue weighted by molar-refractivity contribution is 0.0265. The van der Waals surface area contributed by atoms with Gasteiger partial charge in [-0.1, -0.05) is 0 Å². The number of nitrogens with zero attached hydrogens (tertiary/aromatic N) is 6. The Balaban J connectivity index is 0.000000198. The number of rotatable bonds is 3. The lowest BCUT2D eigenvalue weighted by Gasteiger charge is -2.30. The number of ether oxygens (including phenoxy) is 2. The quantitative estimate of drug-likeness (QED) is 0.726. The molecule has 0 N–H and O–H groups in total. The highest BCUT2D eigenvalue weighted by atomic mass is 16.5. The van der Waals surface area contributed by atoms with Gasteiger partial charge in [0.2, 0.25) is 0 Å². The van der Waals surface area contributed by atoms with Crippen LogP contribution in [0.4, 0.5) is 0 Å². The number of aromatic nitrogens is 2. The molecule has 2 fully saturated rings. The van der Waals surface area contributed by atoms with E-state index in [0.717, 1.165) is 45.0 Å². The van der Waals surface area contributed by atoms with Gasteiger partial charge in [0.15, 0.2) is 0 Å². The highest BCUT2D eigenvalue weighted by Crippen LogP contribution is 2.19. The van der Waals surface area contributed by atoms with Gasteiger partial charge in [0.1, 0.15) is 12.4 Å². The van der Waals surface area contributed by atoms with E-state index in [1.54, 1.807) is 12.4 Å². The topological polar surface area (TPSA) is 98.3 Å². The van der Waals surface area contributed by atoms with Crippen molar-refractivity contribution in [2.24, 2.45) is 0 Å². The Labute approximate surface area is 142 Å². The Morgan fingerprint density at radius 2 is 1.58 bits per heavy atom. The van der Waals surface area contributed by atoms with E-state index >= 15 is 0 Å². The first-order valence-corrected chi connectivity index (χ1v) is 7.98. The van der Waals surface area contributed by atoms with E-state index in [9.17, 15) is 0 Å². The third kappa shape index (κ3) is 5.84. The molecule has 8 heteroatoms. The van der Waals surface area contributed by atoms with Gasteiger partial charge in [-0.25, -0.2) is 9.97 Å². The maximum absolute atomic E-state index is 9.14. The summed E-state index contributed by atoms with van der Waals surface area (Å²) in [6.07, 6.45) is 4.85. The predicted octanol–water partition coefficient (Wildman–Crippen LogP) is 0.216. The first-order valence-electron chi connectivity index (χ1n) is 7.98. The molecule has 1 aromatic heterocycles. The van der Waals surface area contributed by atoms with Crippen LogP contribution in [0.15, 0.2) is 18.7 Å². The Morgan fingerprint density at radius 3 is 2.12 bits per heavy atom. The Hall–Kier alpha value is -2.10. The zero-order valence-electron chi connectivity index (χ0n) is 13.7. The van der Waals surface area contributed by atoms with Crippen molar-refractivity contribution in [3.63, 3.8) is 0 Å². The summed E-state index contributed by atoms with van der Waals surface area (Å²) in [5.74, 6) is 0. The van der Waals surface area contributed by atoms with E-state index in [2.05, 4.69) is 31.9 Å². The van der Waals surface area contributed by atoms with Crippen LogP contribution in [-0.4, -0.2) is 78.9 Å². The first-order chi connectivity index (χ1) is 11.8. The molecular weight excluding hydrogens is 308 g/mol. The van der Waals surface area contributed by atoms with Crippen molar-refractivity contribution in [3.05, 3.63) is 24.3 Å². The summed E-state index contributed by atoms with van der Waals surface area (Å²) < 4.78 is 10.3. The van der Waals surface area contributed by atoms with Gasteiger partial charge in [-0.3, -0.25) is 9.80 Å². The van der Waals surface area contributed by atoms with Gasteiger partial charge in [-0.2, -0.15) is 10.5 Å². The predicted molar refractivity (Wildman–Crippen MR) is 85.7 cm³/mol. The van der Waals surface area contributed by atoms with E-state index in [1.165, 1.54) is 6.33 Å². The second kappa shape index (κ2) is 10.6. The molecule has 2 aliphatic rings. The molecule has 0 saturated carbocycles. The van der Waals surface area contributed by atoms with Crippen LogP contribution in [0.3, 0.4) is 0 Å². The lowest BCUT2D eigenvalue weighted by Crippen LogP contribution is -2.38. The molecule has 24 heavy (non-hydrogen) atoms. The fraction of sp³-hybridized carbons (Fsp3) is 0.625. The second-order valence-corrected chi connectivity index (χ2v) is 5.40. The van der Waals surface area contributed by atoms with Crippen LogP contribution in [0.2, 0.25) is 0 Å². The van der Waals surface area contributed by atoms with Crippen LogP contribution < -0.4 is 0 Å². The number of morpholine rings is 2. The highest BCUT2D eigenvalue weighted by Gasteiger charge is 2.22. The standard InChI is InChI=1S/C10H12N4O.C6H10N2O/c11-5-10(9-6-12-8-13-7-9)14-1-3-15-4-2-14;7-1-2-8-3-5-9-6-4-8/h6-8,10H,1-4H2;2-6H2. The van der Waals surface area contributed by atoms with Gasteiger partial charge in [-0.15, -0.1) is 0 Å². The molecule has 1 atom stereocenters. The summed E-state index contributed by atoms with van der Waals surface area (Å²) in [5, 5.41) is 17.4. The lowest BCUT2D eigenvalue weighted by atomic mass is 10.1. The summed E-state index contributed by atoms with van der Waals surface area (Å²) in [5.41, 5.74) is 0.849. The molecular formula is C16H22N6O2. The van der Waals surface area contributed by atoms with E-state index in [4.69, 9.17) is 20.0 Å². The van der Waals surface area contributed by atoms with Crippen LogP contribution in [0, 0.1) is 22.7 Å².